The van der Waals surface area contributed by atoms with Crippen LogP contribution in [0, 0.1) is 26.7 Å². The Bertz CT molecular complexity index is 614. The first kappa shape index (κ1) is 23.5. The molecule has 1 atom stereocenters. The molecular formula is C23H38O4. The standard InChI is InChI=1S/C23H38O4/c1-8-10-21(24)27-22-17(3)15-20(18(4)19(22)5)26-14-12-16(2)11-9-13-23(6,7)25/h15-16,25H,8-14H2,1-7H3. The quantitative estimate of drug-likeness (QED) is 0.398. The van der Waals surface area contributed by atoms with Gasteiger partial charge in [-0.05, 0) is 82.6 Å². The van der Waals surface area contributed by atoms with E-state index < -0.39 is 5.60 Å². The van der Waals surface area contributed by atoms with Crippen LogP contribution in [0.2, 0.25) is 0 Å². The number of aliphatic hydroxyl groups is 1. The Labute approximate surface area is 165 Å². The lowest BCUT2D eigenvalue weighted by molar-refractivity contribution is -0.134. The fraction of sp³-hybridized carbons (Fsp3) is 0.696. The van der Waals surface area contributed by atoms with Crippen LogP contribution in [-0.4, -0.2) is 23.3 Å². The van der Waals surface area contributed by atoms with Gasteiger partial charge in [-0.3, -0.25) is 4.79 Å². The van der Waals surface area contributed by atoms with Gasteiger partial charge >= 0.3 is 5.97 Å². The van der Waals surface area contributed by atoms with Gasteiger partial charge in [0.15, 0.2) is 0 Å². The minimum Gasteiger partial charge on any atom is -0.493 e. The van der Waals surface area contributed by atoms with Gasteiger partial charge in [0.1, 0.15) is 11.5 Å². The van der Waals surface area contributed by atoms with Crippen molar-refractivity contribution in [1.82, 2.24) is 0 Å². The van der Waals surface area contributed by atoms with Crippen molar-refractivity contribution in [1.29, 1.82) is 0 Å². The lowest BCUT2D eigenvalue weighted by Gasteiger charge is -2.19. The van der Waals surface area contributed by atoms with Gasteiger partial charge in [-0.1, -0.05) is 26.7 Å². The number of hydrogen-bond acceptors (Lipinski definition) is 4. The molecule has 1 N–H and O–H groups in total. The van der Waals surface area contributed by atoms with Gasteiger partial charge in [-0.25, -0.2) is 0 Å². The SMILES string of the molecule is CCCC(=O)Oc1c(C)cc(OCCC(C)CCCC(C)(C)O)c(C)c1C. The normalized spacial score (nSPS) is 12.7. The highest BCUT2D eigenvalue weighted by molar-refractivity contribution is 5.73. The van der Waals surface area contributed by atoms with Crippen LogP contribution in [0.15, 0.2) is 6.07 Å². The van der Waals surface area contributed by atoms with Gasteiger partial charge < -0.3 is 14.6 Å². The van der Waals surface area contributed by atoms with E-state index in [9.17, 15) is 9.90 Å². The minimum atomic E-state index is -0.579. The molecule has 0 aliphatic rings. The maximum Gasteiger partial charge on any atom is 0.311 e. The molecule has 0 radical (unpaired) electrons. The summed E-state index contributed by atoms with van der Waals surface area (Å²) in [6.45, 7) is 14.5. The van der Waals surface area contributed by atoms with Crippen molar-refractivity contribution >= 4 is 5.97 Å². The molecule has 0 saturated carbocycles. The van der Waals surface area contributed by atoms with Crippen LogP contribution < -0.4 is 9.47 Å². The van der Waals surface area contributed by atoms with E-state index in [1.54, 1.807) is 0 Å². The fourth-order valence-corrected chi connectivity index (χ4v) is 3.09. The molecule has 154 valence electrons. The lowest BCUT2D eigenvalue weighted by Crippen LogP contribution is -2.18. The van der Waals surface area contributed by atoms with Crippen molar-refractivity contribution in [3.8, 4) is 11.5 Å². The highest BCUT2D eigenvalue weighted by atomic mass is 16.5. The number of aryl methyl sites for hydroxylation is 1. The number of ether oxygens (including phenoxy) is 2. The molecule has 0 aliphatic heterocycles. The monoisotopic (exact) mass is 378 g/mol. The lowest BCUT2D eigenvalue weighted by atomic mass is 9.95. The van der Waals surface area contributed by atoms with Gasteiger partial charge in [0.25, 0.3) is 0 Å². The zero-order valence-electron chi connectivity index (χ0n) is 18.3. The molecule has 4 nitrogen and oxygen atoms in total. The summed E-state index contributed by atoms with van der Waals surface area (Å²) in [5, 5.41) is 9.79. The number of carbonyl (C=O) groups excluding carboxylic acids is 1. The van der Waals surface area contributed by atoms with Crippen molar-refractivity contribution in [2.45, 2.75) is 92.6 Å². The van der Waals surface area contributed by atoms with Gasteiger partial charge in [0.05, 0.1) is 12.2 Å². The molecular weight excluding hydrogens is 340 g/mol. The summed E-state index contributed by atoms with van der Waals surface area (Å²) in [6.07, 6.45) is 5.15. The average Bonchev–Trinajstić information content (AvgIpc) is 2.55. The molecule has 4 heteroatoms. The third-order valence-corrected chi connectivity index (χ3v) is 5.00. The molecule has 1 aromatic carbocycles. The van der Waals surface area contributed by atoms with Crippen LogP contribution in [-0.2, 0) is 4.79 Å². The Morgan fingerprint density at radius 3 is 2.44 bits per heavy atom. The van der Waals surface area contributed by atoms with Crippen molar-refractivity contribution in [3.63, 3.8) is 0 Å². The summed E-state index contributed by atoms with van der Waals surface area (Å²) in [7, 11) is 0. The predicted octanol–water partition coefficient (Wildman–Crippen LogP) is 5.66. The van der Waals surface area contributed by atoms with Gasteiger partial charge in [-0.15, -0.1) is 0 Å². The van der Waals surface area contributed by atoms with Gasteiger partial charge in [0, 0.05) is 6.42 Å². The number of benzene rings is 1. The van der Waals surface area contributed by atoms with E-state index in [0.717, 1.165) is 54.5 Å². The van der Waals surface area contributed by atoms with Crippen molar-refractivity contribution < 1.29 is 19.4 Å². The maximum atomic E-state index is 11.8. The first-order valence-electron chi connectivity index (χ1n) is 10.2. The Morgan fingerprint density at radius 2 is 1.85 bits per heavy atom. The zero-order chi connectivity index (χ0) is 20.6. The second kappa shape index (κ2) is 10.7. The van der Waals surface area contributed by atoms with Crippen molar-refractivity contribution in [2.24, 2.45) is 5.92 Å². The summed E-state index contributed by atoms with van der Waals surface area (Å²) in [5.74, 6) is 1.91. The third kappa shape index (κ3) is 8.34. The highest BCUT2D eigenvalue weighted by Crippen LogP contribution is 2.33. The van der Waals surface area contributed by atoms with Crippen LogP contribution in [0.3, 0.4) is 0 Å². The molecule has 0 bridgehead atoms. The second-order valence-corrected chi connectivity index (χ2v) is 8.44. The smallest absolute Gasteiger partial charge is 0.311 e. The number of carbonyl (C=O) groups is 1. The van der Waals surface area contributed by atoms with E-state index in [-0.39, 0.29) is 5.97 Å². The van der Waals surface area contributed by atoms with E-state index in [4.69, 9.17) is 9.47 Å². The molecule has 27 heavy (non-hydrogen) atoms. The minimum absolute atomic E-state index is 0.184. The first-order chi connectivity index (χ1) is 12.5. The maximum absolute atomic E-state index is 11.8. The summed E-state index contributed by atoms with van der Waals surface area (Å²) in [5.41, 5.74) is 2.34. The summed E-state index contributed by atoms with van der Waals surface area (Å²) in [4.78, 5) is 11.8. The van der Waals surface area contributed by atoms with E-state index in [2.05, 4.69) is 6.92 Å². The largest absolute Gasteiger partial charge is 0.493 e. The molecule has 1 rings (SSSR count). The average molecular weight is 379 g/mol. The van der Waals surface area contributed by atoms with Crippen LogP contribution in [0.5, 0.6) is 11.5 Å². The molecule has 0 amide bonds. The second-order valence-electron chi connectivity index (χ2n) is 8.44. The molecule has 0 saturated heterocycles. The molecule has 0 aliphatic carbocycles. The Kier molecular flexibility index (Phi) is 9.31. The highest BCUT2D eigenvalue weighted by Gasteiger charge is 2.16. The number of hydrogen-bond donors (Lipinski definition) is 1. The van der Waals surface area contributed by atoms with E-state index in [1.807, 2.05) is 47.6 Å². The first-order valence-corrected chi connectivity index (χ1v) is 10.2. The van der Waals surface area contributed by atoms with Crippen LogP contribution in [0.4, 0.5) is 0 Å². The van der Waals surface area contributed by atoms with Gasteiger partial charge in [0.2, 0.25) is 0 Å². The summed E-state index contributed by atoms with van der Waals surface area (Å²) < 4.78 is 11.6. The molecule has 0 aromatic heterocycles. The van der Waals surface area contributed by atoms with Gasteiger partial charge in [-0.2, -0.15) is 0 Å². The third-order valence-electron chi connectivity index (χ3n) is 5.00. The van der Waals surface area contributed by atoms with Crippen LogP contribution in [0.25, 0.3) is 0 Å². The van der Waals surface area contributed by atoms with Crippen molar-refractivity contribution in [3.05, 3.63) is 22.8 Å². The molecule has 1 aromatic rings. The molecule has 0 heterocycles. The summed E-state index contributed by atoms with van der Waals surface area (Å²) >= 11 is 0. The summed E-state index contributed by atoms with van der Waals surface area (Å²) in [6, 6.07) is 1.97. The fourth-order valence-electron chi connectivity index (χ4n) is 3.09. The Morgan fingerprint density at radius 1 is 1.19 bits per heavy atom. The number of rotatable bonds is 11. The molecule has 1 unspecified atom stereocenters. The van der Waals surface area contributed by atoms with Crippen LogP contribution in [0.1, 0.15) is 82.9 Å². The van der Waals surface area contributed by atoms with E-state index in [1.165, 1.54) is 0 Å². The predicted molar refractivity (Wildman–Crippen MR) is 111 cm³/mol. The zero-order valence-corrected chi connectivity index (χ0v) is 18.3. The Hall–Kier alpha value is -1.55. The molecule has 0 spiro atoms. The Balaban J connectivity index is 2.60. The molecule has 0 fully saturated rings. The van der Waals surface area contributed by atoms with E-state index in [0.29, 0.717) is 24.7 Å². The topological polar surface area (TPSA) is 55.8 Å². The van der Waals surface area contributed by atoms with Crippen molar-refractivity contribution in [2.75, 3.05) is 6.61 Å². The van der Waals surface area contributed by atoms with Crippen LogP contribution >= 0.6 is 0 Å². The number of esters is 1. The van der Waals surface area contributed by atoms with E-state index >= 15 is 0 Å².